The Kier molecular flexibility index (Phi) is 8.25. The van der Waals surface area contributed by atoms with Crippen molar-refractivity contribution in [3.63, 3.8) is 0 Å². The first-order chi connectivity index (χ1) is 8.81. The molecule has 0 aliphatic heterocycles. The minimum absolute atomic E-state index is 0.0677. The van der Waals surface area contributed by atoms with Gasteiger partial charge in [0.2, 0.25) is 0 Å². The lowest BCUT2D eigenvalue weighted by Gasteiger charge is -2.35. The van der Waals surface area contributed by atoms with Gasteiger partial charge in [-0.15, -0.1) is 0 Å². The van der Waals surface area contributed by atoms with Crippen LogP contribution in [0.4, 0.5) is 4.79 Å². The Labute approximate surface area is 114 Å². The van der Waals surface area contributed by atoms with E-state index in [2.05, 4.69) is 35.6 Å². The third-order valence-corrected chi connectivity index (χ3v) is 4.42. The van der Waals surface area contributed by atoms with Gasteiger partial charge in [-0.3, -0.25) is 9.42 Å². The lowest BCUT2D eigenvalue weighted by Crippen LogP contribution is -2.48. The molecule has 0 spiro atoms. The van der Waals surface area contributed by atoms with Gasteiger partial charge in [-0.25, -0.2) is 9.36 Å². The Hall–Kier alpha value is -0.620. The van der Waals surface area contributed by atoms with E-state index in [1.54, 1.807) is 0 Å². The molecule has 0 aliphatic rings. The number of quaternary nitrogens is 1. The second-order valence-electron chi connectivity index (χ2n) is 4.43. The molecule has 0 heterocycles. The molecule has 0 saturated carbocycles. The van der Waals surface area contributed by atoms with Crippen molar-refractivity contribution >= 4 is 13.9 Å². The van der Waals surface area contributed by atoms with Crippen LogP contribution in [0.15, 0.2) is 0 Å². The van der Waals surface area contributed by atoms with Gasteiger partial charge < -0.3 is 14.7 Å². The Morgan fingerprint density at radius 1 is 1.21 bits per heavy atom. The first-order valence-electron chi connectivity index (χ1n) is 6.62. The number of rotatable bonds is 10. The Bertz CT molecular complexity index is 312. The van der Waals surface area contributed by atoms with E-state index in [4.69, 9.17) is 4.89 Å². The van der Waals surface area contributed by atoms with Gasteiger partial charge >= 0.3 is 13.9 Å². The summed E-state index contributed by atoms with van der Waals surface area (Å²) in [6.07, 6.45) is 0.197. The van der Waals surface area contributed by atoms with Crippen LogP contribution in [0.1, 0.15) is 33.6 Å². The molecule has 7 nitrogen and oxygen atoms in total. The van der Waals surface area contributed by atoms with Crippen molar-refractivity contribution in [1.82, 2.24) is 0 Å². The van der Waals surface area contributed by atoms with Crippen molar-refractivity contribution in [3.05, 3.63) is 0 Å². The highest BCUT2D eigenvalue weighted by Crippen LogP contribution is 2.43. The third kappa shape index (κ3) is 7.52. The standard InChI is InChI=1S/C11H25N2O5P/c1-4-13(5-2,6-3)9-7-8-10-17-19(15,16)18-11(12)14/h4-10H2,1-3H3,(H2-,12,14,15,16)/p+1. The highest BCUT2D eigenvalue weighted by molar-refractivity contribution is 7.48. The number of nitrogens with two attached hydrogens (primary N) is 1. The molecule has 0 aromatic heterocycles. The molecule has 3 N–H and O–H groups in total. The highest BCUT2D eigenvalue weighted by Gasteiger charge is 2.25. The molecule has 114 valence electrons. The first kappa shape index (κ1) is 18.4. The zero-order valence-electron chi connectivity index (χ0n) is 12.0. The summed E-state index contributed by atoms with van der Waals surface area (Å²) >= 11 is 0. The van der Waals surface area contributed by atoms with Crippen LogP contribution in [0.2, 0.25) is 0 Å². The van der Waals surface area contributed by atoms with Crippen molar-refractivity contribution in [1.29, 1.82) is 0 Å². The molecule has 1 atom stereocenters. The summed E-state index contributed by atoms with van der Waals surface area (Å²) in [5.74, 6) is 0. The molecular formula is C11H26N2O5P+. The number of phosphoric ester groups is 1. The van der Waals surface area contributed by atoms with Gasteiger partial charge in [-0.1, -0.05) is 0 Å². The number of unbranched alkanes of at least 4 members (excludes halogenated alkanes) is 1. The molecule has 8 heteroatoms. The number of phosphoric acid groups is 1. The molecule has 0 fully saturated rings. The second kappa shape index (κ2) is 8.53. The maximum Gasteiger partial charge on any atom is 0.530 e. The van der Waals surface area contributed by atoms with E-state index in [0.717, 1.165) is 37.1 Å². The van der Waals surface area contributed by atoms with Gasteiger partial charge in [-0.05, 0) is 33.6 Å². The number of primary amides is 1. The van der Waals surface area contributed by atoms with Crippen LogP contribution >= 0.6 is 7.82 Å². The number of nitrogens with zero attached hydrogens (tertiary/aromatic N) is 1. The predicted octanol–water partition coefficient (Wildman–Crippen LogP) is 1.86. The fourth-order valence-electron chi connectivity index (χ4n) is 2.01. The van der Waals surface area contributed by atoms with Crippen molar-refractivity contribution in [2.75, 3.05) is 32.8 Å². The summed E-state index contributed by atoms with van der Waals surface area (Å²) in [7, 11) is -4.33. The third-order valence-electron chi connectivity index (χ3n) is 3.50. The summed E-state index contributed by atoms with van der Waals surface area (Å²) < 4.78 is 20.8. The van der Waals surface area contributed by atoms with Gasteiger partial charge in [0.15, 0.2) is 0 Å². The molecule has 0 saturated heterocycles. The smallest absolute Gasteiger partial charge is 0.354 e. The number of amides is 1. The van der Waals surface area contributed by atoms with E-state index in [-0.39, 0.29) is 6.61 Å². The number of hydrogen-bond acceptors (Lipinski definition) is 4. The van der Waals surface area contributed by atoms with E-state index < -0.39 is 13.9 Å². The first-order valence-corrected chi connectivity index (χ1v) is 8.11. The Balaban J connectivity index is 3.93. The van der Waals surface area contributed by atoms with Gasteiger partial charge in [-0.2, -0.15) is 0 Å². The van der Waals surface area contributed by atoms with E-state index in [1.807, 2.05) is 0 Å². The minimum atomic E-state index is -4.33. The van der Waals surface area contributed by atoms with Crippen LogP contribution in [0, 0.1) is 0 Å². The van der Waals surface area contributed by atoms with Crippen LogP contribution in [0.3, 0.4) is 0 Å². The van der Waals surface area contributed by atoms with Crippen molar-refractivity contribution in [2.45, 2.75) is 33.6 Å². The van der Waals surface area contributed by atoms with Crippen LogP contribution in [-0.2, 0) is 13.6 Å². The van der Waals surface area contributed by atoms with E-state index >= 15 is 0 Å². The van der Waals surface area contributed by atoms with Crippen LogP contribution in [0.5, 0.6) is 0 Å². The summed E-state index contributed by atoms with van der Waals surface area (Å²) in [6.45, 7) is 10.7. The fourth-order valence-corrected chi connectivity index (χ4v) is 2.65. The molecule has 0 bridgehead atoms. The number of carbonyl (C=O) groups excluding carboxylic acids is 1. The Morgan fingerprint density at radius 3 is 2.16 bits per heavy atom. The molecule has 19 heavy (non-hydrogen) atoms. The van der Waals surface area contributed by atoms with Gasteiger partial charge in [0, 0.05) is 0 Å². The summed E-state index contributed by atoms with van der Waals surface area (Å²) in [5.41, 5.74) is 4.64. The van der Waals surface area contributed by atoms with Gasteiger partial charge in [0.25, 0.3) is 0 Å². The lowest BCUT2D eigenvalue weighted by molar-refractivity contribution is -0.923. The lowest BCUT2D eigenvalue weighted by atomic mass is 10.2. The van der Waals surface area contributed by atoms with E-state index in [1.165, 1.54) is 0 Å². The SMILES string of the molecule is CC[N+](CC)(CC)CCCCOP(=O)(O)OC(N)=O. The van der Waals surface area contributed by atoms with Crippen molar-refractivity contribution in [2.24, 2.45) is 5.73 Å². The molecule has 1 amide bonds. The average Bonchev–Trinajstić information content (AvgIpc) is 2.33. The number of carbonyl (C=O) groups is 1. The largest absolute Gasteiger partial charge is 0.530 e. The number of hydrogen-bond donors (Lipinski definition) is 2. The van der Waals surface area contributed by atoms with Crippen LogP contribution in [0.25, 0.3) is 0 Å². The quantitative estimate of drug-likeness (QED) is 0.364. The molecule has 0 radical (unpaired) electrons. The molecule has 0 aromatic rings. The van der Waals surface area contributed by atoms with Gasteiger partial charge in [0.05, 0.1) is 32.8 Å². The molecular weight excluding hydrogens is 271 g/mol. The maximum atomic E-state index is 11.2. The zero-order chi connectivity index (χ0) is 14.9. The molecule has 1 unspecified atom stereocenters. The summed E-state index contributed by atoms with van der Waals surface area (Å²) in [4.78, 5) is 19.4. The Morgan fingerprint density at radius 2 is 1.74 bits per heavy atom. The summed E-state index contributed by atoms with van der Waals surface area (Å²) in [5, 5.41) is 0. The monoisotopic (exact) mass is 297 g/mol. The summed E-state index contributed by atoms with van der Waals surface area (Å²) in [6, 6.07) is 0. The molecule has 0 rings (SSSR count). The highest BCUT2D eigenvalue weighted by atomic mass is 31.2. The molecule has 0 aromatic carbocycles. The minimum Gasteiger partial charge on any atom is -0.354 e. The predicted molar refractivity (Wildman–Crippen MR) is 72.4 cm³/mol. The normalized spacial score (nSPS) is 14.9. The topological polar surface area (TPSA) is 98.8 Å². The van der Waals surface area contributed by atoms with Crippen LogP contribution in [-0.4, -0.2) is 48.3 Å². The van der Waals surface area contributed by atoms with Crippen molar-refractivity contribution < 1.29 is 27.8 Å². The zero-order valence-corrected chi connectivity index (χ0v) is 12.9. The van der Waals surface area contributed by atoms with Crippen LogP contribution < -0.4 is 5.73 Å². The van der Waals surface area contributed by atoms with Crippen molar-refractivity contribution in [3.8, 4) is 0 Å². The van der Waals surface area contributed by atoms with E-state index in [9.17, 15) is 9.36 Å². The second-order valence-corrected chi connectivity index (χ2v) is 5.81. The van der Waals surface area contributed by atoms with E-state index in [0.29, 0.717) is 6.42 Å². The fraction of sp³-hybridized carbons (Fsp3) is 0.909. The van der Waals surface area contributed by atoms with Gasteiger partial charge in [0.1, 0.15) is 0 Å². The molecule has 0 aliphatic carbocycles. The average molecular weight is 297 g/mol. The maximum absolute atomic E-state index is 11.2.